The SMILES string of the molecule is CC(=O)c1cn(CCCN2C3CCC2CC(Oc2ccc(F)cc2)C3)c2c(Cl)cccc12.CC(=O)c1cn(CCCN2CCC(Oc3cccc(Cl)c3)CC2)c2c(Br)cccc12.COc1cccc2c(C(=O)C3CC3)cn(CCCN3C4CCC3CC(Oc3ccc(F)cc3)C4)c12.O=C(c1cn(CCCN2CCC(S(=O)(=O)c3ccc(Cl)cc3)CC2)c2ccccc12)C(F)(F)F. The molecule has 4 bridgehead atoms. The number of aryl methyl sites for hydroxylation is 4. The van der Waals surface area contributed by atoms with Crippen molar-refractivity contribution in [3.05, 3.63) is 254 Å². The lowest BCUT2D eigenvalue weighted by atomic mass is 9.99. The summed E-state index contributed by atoms with van der Waals surface area (Å²) in [6.07, 6.45) is 20.8. The number of para-hydroxylation sites is 4. The highest BCUT2D eigenvalue weighted by molar-refractivity contribution is 9.10. The van der Waals surface area contributed by atoms with Gasteiger partial charge in [0.25, 0.3) is 5.78 Å². The molecule has 0 amide bonds. The summed E-state index contributed by atoms with van der Waals surface area (Å²) in [6.45, 7) is 13.4. The van der Waals surface area contributed by atoms with Crippen LogP contribution in [-0.4, -0.2) is 183 Å². The van der Waals surface area contributed by atoms with Crippen LogP contribution in [0.1, 0.15) is 171 Å². The molecule has 4 unspecified atom stereocenters. The standard InChI is InChI=1S/C29H33FN2O3.C26H28ClFN2O2.C24H26BrClN2O2.C24H24ClF3N2O3S/c1-34-27-5-2-4-25-26(29(33)19-6-7-19)18-31(28(25)27)14-3-15-32-21-10-11-22(32)17-24(16-21)35-23-12-8-20(30)9-13-23;1-17(31)24-16-29(26-23(24)4-2-5-25(26)27)12-3-13-30-19-8-9-20(30)15-22(14-19)32-21-10-6-18(28)7-11-21;1-17(29)22-16-28(24-21(22)7-3-8-23(24)25)12-4-11-27-13-9-19(10-14-27)30-20-6-2-5-18(26)15-20;25-17-6-8-18(9-7-17)34(32,33)19-10-14-29(15-11-19)12-3-13-30-16-21(23(31)24(26,27)28)20-4-1-2-5-22(20)30/h2,4-5,8-9,12-13,18-19,21-22,24H,3,6-7,10-11,14-17H2,1H3;2,4-7,10-11,16,19-20,22H,3,8-9,12-15H2,1H3;2-3,5-8,15-16,19H,4,9-14H2,1H3;1-2,4-9,16,19H,3,10-15H2. The Morgan fingerprint density at radius 3 is 1.41 bits per heavy atom. The minimum atomic E-state index is -4.92. The van der Waals surface area contributed by atoms with E-state index in [1.54, 1.807) is 80.1 Å². The number of ketones is 4. The molecular formula is C103H111BrCl3F5N8O10S. The van der Waals surface area contributed by atoms with E-state index in [2.05, 4.69) is 61.5 Å². The van der Waals surface area contributed by atoms with Crippen molar-refractivity contribution in [2.75, 3.05) is 59.5 Å². The first-order chi connectivity index (χ1) is 63.2. The molecule has 4 atom stereocenters. The van der Waals surface area contributed by atoms with Crippen LogP contribution in [0.3, 0.4) is 0 Å². The number of hydrogen-bond donors (Lipinski definition) is 0. The van der Waals surface area contributed by atoms with Crippen LogP contribution in [0.25, 0.3) is 43.6 Å². The van der Waals surface area contributed by atoms with E-state index in [4.69, 9.17) is 53.8 Å². The van der Waals surface area contributed by atoms with Crippen LogP contribution in [0.4, 0.5) is 22.0 Å². The van der Waals surface area contributed by atoms with Crippen molar-refractivity contribution in [1.29, 1.82) is 0 Å². The summed E-state index contributed by atoms with van der Waals surface area (Å²) in [5.41, 5.74) is 5.73. The van der Waals surface area contributed by atoms with E-state index in [0.29, 0.717) is 90.2 Å². The van der Waals surface area contributed by atoms with Crippen molar-refractivity contribution < 1.29 is 68.5 Å². The summed E-state index contributed by atoms with van der Waals surface area (Å²) >= 11 is 22.0. The molecule has 12 aromatic rings. The predicted octanol–water partition coefficient (Wildman–Crippen LogP) is 23.5. The number of halogens is 9. The second-order valence-corrected chi connectivity index (χ2v) is 40.2. The Kier molecular flexibility index (Phi) is 30.7. The van der Waals surface area contributed by atoms with Crippen LogP contribution in [0.15, 0.2) is 210 Å². The number of carbonyl (C=O) groups is 4. The number of piperidine rings is 4. The van der Waals surface area contributed by atoms with E-state index in [-0.39, 0.29) is 69.1 Å². The van der Waals surface area contributed by atoms with Gasteiger partial charge in [0.05, 0.1) is 44.4 Å². The summed E-state index contributed by atoms with van der Waals surface area (Å²) < 4.78 is 125. The maximum Gasteiger partial charge on any atom is 0.454 e. The van der Waals surface area contributed by atoms with Crippen molar-refractivity contribution in [2.24, 2.45) is 5.92 Å². The summed E-state index contributed by atoms with van der Waals surface area (Å²) in [5, 5.41) is 4.70. The molecule has 19 rings (SSSR count). The quantitative estimate of drug-likeness (QED) is 0.0307. The monoisotopic (exact) mass is 1930 g/mol. The molecule has 10 heterocycles. The van der Waals surface area contributed by atoms with Crippen molar-refractivity contribution in [1.82, 2.24) is 37.9 Å². The highest BCUT2D eigenvalue weighted by Crippen LogP contribution is 2.43. The van der Waals surface area contributed by atoms with Gasteiger partial charge in [-0.25, -0.2) is 17.2 Å². The number of ether oxygens (including phenoxy) is 4. The number of benzene rings is 8. The van der Waals surface area contributed by atoms with Crippen molar-refractivity contribution in [3.63, 3.8) is 0 Å². The zero-order chi connectivity index (χ0) is 91.8. The lowest BCUT2D eigenvalue weighted by Gasteiger charge is -2.39. The van der Waals surface area contributed by atoms with Crippen LogP contribution in [0, 0.1) is 17.6 Å². The highest BCUT2D eigenvalue weighted by atomic mass is 79.9. The summed E-state index contributed by atoms with van der Waals surface area (Å²) in [4.78, 5) is 59.2. The number of Topliss-reactive ketones (excluding diaryl/α,β-unsaturated/α-hetero) is 4. The van der Waals surface area contributed by atoms with Gasteiger partial charge in [0.15, 0.2) is 27.2 Å². The Morgan fingerprint density at radius 2 is 0.885 bits per heavy atom. The maximum atomic E-state index is 13.2. The van der Waals surface area contributed by atoms with Gasteiger partial charge in [0.2, 0.25) is 0 Å². The number of alkyl halides is 3. The number of methoxy groups -OCH3 is 1. The van der Waals surface area contributed by atoms with Gasteiger partial charge < -0.3 is 47.0 Å². The van der Waals surface area contributed by atoms with E-state index in [0.717, 1.165) is 200 Å². The Balaban J connectivity index is 0.000000128. The fourth-order valence-corrected chi connectivity index (χ4v) is 23.5. The molecule has 8 aromatic carbocycles. The number of aromatic nitrogens is 4. The van der Waals surface area contributed by atoms with Crippen LogP contribution in [-0.2, 0) is 36.0 Å². The molecule has 7 aliphatic rings. The Morgan fingerprint density at radius 1 is 0.435 bits per heavy atom. The third-order valence-electron chi connectivity index (χ3n) is 27.1. The van der Waals surface area contributed by atoms with Crippen LogP contribution in [0.2, 0.25) is 15.1 Å². The number of rotatable bonds is 30. The molecule has 0 radical (unpaired) electrons. The van der Waals surface area contributed by atoms with Crippen LogP contribution in [0.5, 0.6) is 23.0 Å². The number of carbonyl (C=O) groups excluding carboxylic acids is 4. The molecule has 28 heteroatoms. The first kappa shape index (κ1) is 94.8. The van der Waals surface area contributed by atoms with E-state index in [9.17, 15) is 49.5 Å². The molecule has 1 aliphatic carbocycles. The van der Waals surface area contributed by atoms with Crippen molar-refractivity contribution in [3.8, 4) is 23.0 Å². The molecule has 131 heavy (non-hydrogen) atoms. The molecular weight excluding hydrogens is 1820 g/mol. The third-order valence-corrected chi connectivity index (χ3v) is 30.8. The Hall–Kier alpha value is -9.41. The lowest BCUT2D eigenvalue weighted by molar-refractivity contribution is -0.0884. The highest BCUT2D eigenvalue weighted by Gasteiger charge is 2.45. The number of hydrogen-bond acceptors (Lipinski definition) is 14. The van der Waals surface area contributed by atoms with Crippen molar-refractivity contribution in [2.45, 2.75) is 214 Å². The number of nitrogens with zero attached hydrogens (tertiary/aromatic N) is 8. The average Bonchev–Trinajstić information content (AvgIpc) is 1.63. The molecule has 7 fully saturated rings. The number of fused-ring (bicyclic) bond motifs is 8. The maximum absolute atomic E-state index is 13.2. The van der Waals surface area contributed by atoms with E-state index in [1.807, 2.05) is 85.2 Å². The van der Waals surface area contributed by atoms with Gasteiger partial charge in [-0.05, 0) is 287 Å². The number of sulfone groups is 1. The van der Waals surface area contributed by atoms with Gasteiger partial charge in [-0.15, -0.1) is 0 Å². The van der Waals surface area contributed by atoms with Gasteiger partial charge in [0.1, 0.15) is 52.9 Å². The van der Waals surface area contributed by atoms with Crippen LogP contribution >= 0.6 is 50.7 Å². The Labute approximate surface area is 785 Å². The van der Waals surface area contributed by atoms with E-state index in [1.165, 1.54) is 74.3 Å². The topological polar surface area (TPSA) is 172 Å². The minimum absolute atomic E-state index is 0.0669. The largest absolute Gasteiger partial charge is 0.495 e. The first-order valence-corrected chi connectivity index (χ1v) is 49.3. The Bertz CT molecular complexity index is 6120. The zero-order valence-corrected chi connectivity index (χ0v) is 78.6. The van der Waals surface area contributed by atoms with Crippen LogP contribution < -0.4 is 18.9 Å². The van der Waals surface area contributed by atoms with Crippen molar-refractivity contribution >= 4 is 127 Å². The molecule has 18 nitrogen and oxygen atoms in total. The second-order valence-electron chi connectivity index (χ2n) is 35.8. The number of likely N-dealkylation sites (tertiary alicyclic amines) is 2. The van der Waals surface area contributed by atoms with E-state index >= 15 is 0 Å². The molecule has 6 saturated heterocycles. The second kappa shape index (κ2) is 42.4. The van der Waals surface area contributed by atoms with Gasteiger partial charge >= 0.3 is 6.18 Å². The molecule has 6 aliphatic heterocycles. The summed E-state index contributed by atoms with van der Waals surface area (Å²) in [7, 11) is -1.72. The molecule has 692 valence electrons. The van der Waals surface area contributed by atoms with Gasteiger partial charge in [-0.1, -0.05) is 95.5 Å². The minimum Gasteiger partial charge on any atom is -0.495 e. The predicted molar refractivity (Wildman–Crippen MR) is 510 cm³/mol. The average molecular weight is 1930 g/mol. The van der Waals surface area contributed by atoms with Gasteiger partial charge in [-0.3, -0.25) is 29.0 Å². The summed E-state index contributed by atoms with van der Waals surface area (Å²) in [5.74, 6) is 1.54. The van der Waals surface area contributed by atoms with Gasteiger partial charge in [0, 0.05) is 166 Å². The lowest BCUT2D eigenvalue weighted by Crippen LogP contribution is -2.46. The third kappa shape index (κ3) is 22.8. The molecule has 0 N–H and O–H groups in total. The smallest absolute Gasteiger partial charge is 0.454 e. The zero-order valence-electron chi connectivity index (χ0n) is 73.9. The summed E-state index contributed by atoms with van der Waals surface area (Å²) in [6, 6.07) is 53.1. The fraction of sp³-hybridized carbons (Fsp3) is 0.417. The normalized spacial score (nSPS) is 19.8. The molecule has 4 aromatic heterocycles. The fourth-order valence-electron chi connectivity index (χ4n) is 20.5. The first-order valence-electron chi connectivity index (χ1n) is 45.9. The molecule has 0 spiro atoms. The van der Waals surface area contributed by atoms with Gasteiger partial charge in [-0.2, -0.15) is 13.2 Å². The van der Waals surface area contributed by atoms with E-state index < -0.39 is 27.0 Å². The molecule has 1 saturated carbocycles.